The molecule has 7 nitrogen and oxygen atoms in total. The van der Waals surface area contributed by atoms with Gasteiger partial charge in [-0.1, -0.05) is 27.2 Å². The zero-order valence-corrected chi connectivity index (χ0v) is 12.9. The van der Waals surface area contributed by atoms with Gasteiger partial charge in [-0.2, -0.15) is 0 Å². The smallest absolute Gasteiger partial charge is 0.331 e. The molecule has 2 N–H and O–H groups in total. The average molecular weight is 297 g/mol. The standard InChI is InChI=1S/C14H23N3O4/c1-5-6-10-12(19)16-14(21)17(13(10)20)9(4)11(18)15-7-8(2)3/h8-10H,5-7H2,1-4H3,(H,15,18)(H,16,19,21). The first-order valence-electron chi connectivity index (χ1n) is 7.25. The third-order valence-electron chi connectivity index (χ3n) is 3.33. The lowest BCUT2D eigenvalue weighted by molar-refractivity contribution is -0.147. The van der Waals surface area contributed by atoms with Gasteiger partial charge in [0.25, 0.3) is 0 Å². The molecule has 7 heteroatoms. The molecule has 0 aromatic heterocycles. The van der Waals surface area contributed by atoms with Gasteiger partial charge >= 0.3 is 6.03 Å². The van der Waals surface area contributed by atoms with E-state index in [2.05, 4.69) is 10.6 Å². The molecule has 1 fully saturated rings. The zero-order chi connectivity index (χ0) is 16.2. The van der Waals surface area contributed by atoms with Gasteiger partial charge in [-0.15, -0.1) is 0 Å². The van der Waals surface area contributed by atoms with Crippen LogP contribution in [0.4, 0.5) is 4.79 Å². The van der Waals surface area contributed by atoms with Crippen LogP contribution in [0.3, 0.4) is 0 Å². The van der Waals surface area contributed by atoms with E-state index in [1.54, 1.807) is 0 Å². The number of hydrogen-bond acceptors (Lipinski definition) is 4. The van der Waals surface area contributed by atoms with Crippen molar-refractivity contribution < 1.29 is 19.2 Å². The molecule has 1 aliphatic heterocycles. The predicted octanol–water partition coefficient (Wildman–Crippen LogP) is 0.642. The highest BCUT2D eigenvalue weighted by Gasteiger charge is 2.43. The first kappa shape index (κ1) is 17.1. The maximum absolute atomic E-state index is 12.3. The Morgan fingerprint density at radius 2 is 1.90 bits per heavy atom. The number of amides is 5. The van der Waals surface area contributed by atoms with Gasteiger partial charge in [0.1, 0.15) is 12.0 Å². The lowest BCUT2D eigenvalue weighted by Crippen LogP contribution is -2.63. The summed E-state index contributed by atoms with van der Waals surface area (Å²) in [4.78, 5) is 48.7. The Bertz CT molecular complexity index is 448. The summed E-state index contributed by atoms with van der Waals surface area (Å²) in [6, 6.07) is -1.77. The van der Waals surface area contributed by atoms with Crippen molar-refractivity contribution >= 4 is 23.8 Å². The van der Waals surface area contributed by atoms with E-state index in [4.69, 9.17) is 0 Å². The van der Waals surface area contributed by atoms with Crippen LogP contribution in [0.2, 0.25) is 0 Å². The third-order valence-corrected chi connectivity index (χ3v) is 3.33. The molecule has 21 heavy (non-hydrogen) atoms. The maximum Gasteiger partial charge on any atom is 0.331 e. The van der Waals surface area contributed by atoms with Gasteiger partial charge in [0, 0.05) is 6.54 Å². The van der Waals surface area contributed by atoms with E-state index < -0.39 is 35.7 Å². The highest BCUT2D eigenvalue weighted by atomic mass is 16.2. The van der Waals surface area contributed by atoms with Gasteiger partial charge in [-0.25, -0.2) is 4.79 Å². The number of urea groups is 1. The van der Waals surface area contributed by atoms with E-state index in [9.17, 15) is 19.2 Å². The molecule has 1 rings (SSSR count). The Labute approximate surface area is 124 Å². The number of nitrogens with one attached hydrogen (secondary N) is 2. The van der Waals surface area contributed by atoms with E-state index in [0.29, 0.717) is 19.4 Å². The molecule has 1 saturated heterocycles. The summed E-state index contributed by atoms with van der Waals surface area (Å²) in [5.74, 6) is -2.22. The highest BCUT2D eigenvalue weighted by molar-refractivity contribution is 6.17. The van der Waals surface area contributed by atoms with E-state index in [1.807, 2.05) is 20.8 Å². The van der Waals surface area contributed by atoms with Crippen LogP contribution in [0, 0.1) is 11.8 Å². The second kappa shape index (κ2) is 7.19. The molecule has 0 saturated carbocycles. The van der Waals surface area contributed by atoms with Gasteiger partial charge in [-0.3, -0.25) is 24.6 Å². The SMILES string of the molecule is CCCC1C(=O)NC(=O)N(C(C)C(=O)NCC(C)C)C1=O. The molecule has 0 spiro atoms. The average Bonchev–Trinajstić information content (AvgIpc) is 2.40. The number of rotatable bonds is 6. The fourth-order valence-corrected chi connectivity index (χ4v) is 2.11. The molecule has 0 bridgehead atoms. The summed E-state index contributed by atoms with van der Waals surface area (Å²) in [5.41, 5.74) is 0. The molecule has 0 aromatic rings. The molecule has 0 aromatic carbocycles. The Morgan fingerprint density at radius 3 is 2.43 bits per heavy atom. The van der Waals surface area contributed by atoms with Crippen molar-refractivity contribution in [2.45, 2.75) is 46.6 Å². The summed E-state index contributed by atoms with van der Waals surface area (Å²) in [6.45, 7) is 7.68. The largest absolute Gasteiger partial charge is 0.354 e. The van der Waals surface area contributed by atoms with Crippen LogP contribution in [0.1, 0.15) is 40.5 Å². The van der Waals surface area contributed by atoms with E-state index >= 15 is 0 Å². The normalized spacial score (nSPS) is 20.5. The Morgan fingerprint density at radius 1 is 1.29 bits per heavy atom. The van der Waals surface area contributed by atoms with Crippen LogP contribution in [-0.2, 0) is 14.4 Å². The molecular weight excluding hydrogens is 274 g/mol. The van der Waals surface area contributed by atoms with Crippen molar-refractivity contribution in [2.24, 2.45) is 11.8 Å². The monoisotopic (exact) mass is 297 g/mol. The van der Waals surface area contributed by atoms with E-state index in [1.165, 1.54) is 6.92 Å². The van der Waals surface area contributed by atoms with Crippen molar-refractivity contribution in [1.29, 1.82) is 0 Å². The summed E-state index contributed by atoms with van der Waals surface area (Å²) in [7, 11) is 0. The van der Waals surface area contributed by atoms with Gasteiger partial charge < -0.3 is 5.32 Å². The first-order chi connectivity index (χ1) is 9.79. The van der Waals surface area contributed by atoms with Crippen LogP contribution >= 0.6 is 0 Å². The topological polar surface area (TPSA) is 95.6 Å². The van der Waals surface area contributed by atoms with Gasteiger partial charge in [0.15, 0.2) is 0 Å². The molecule has 2 unspecified atom stereocenters. The number of carbonyl (C=O) groups excluding carboxylic acids is 4. The Hall–Kier alpha value is -1.92. The number of carbonyl (C=O) groups is 4. The molecule has 1 heterocycles. The van der Waals surface area contributed by atoms with E-state index in [0.717, 1.165) is 4.90 Å². The molecule has 5 amide bonds. The fourth-order valence-electron chi connectivity index (χ4n) is 2.11. The van der Waals surface area contributed by atoms with Crippen molar-refractivity contribution in [3.8, 4) is 0 Å². The maximum atomic E-state index is 12.3. The van der Waals surface area contributed by atoms with E-state index in [-0.39, 0.29) is 5.92 Å². The highest BCUT2D eigenvalue weighted by Crippen LogP contribution is 2.18. The summed E-state index contributed by atoms with van der Waals surface area (Å²) in [6.07, 6.45) is 0.995. The summed E-state index contributed by atoms with van der Waals surface area (Å²) < 4.78 is 0. The summed E-state index contributed by atoms with van der Waals surface area (Å²) in [5, 5.41) is 4.82. The van der Waals surface area contributed by atoms with Crippen LogP contribution in [0.5, 0.6) is 0 Å². The van der Waals surface area contributed by atoms with Crippen molar-refractivity contribution in [2.75, 3.05) is 6.54 Å². The first-order valence-corrected chi connectivity index (χ1v) is 7.25. The van der Waals surface area contributed by atoms with Gasteiger partial charge in [-0.05, 0) is 19.3 Å². The van der Waals surface area contributed by atoms with Crippen LogP contribution in [-0.4, -0.2) is 41.2 Å². The predicted molar refractivity (Wildman–Crippen MR) is 76.1 cm³/mol. The zero-order valence-electron chi connectivity index (χ0n) is 12.9. The Kier molecular flexibility index (Phi) is 5.87. The minimum absolute atomic E-state index is 0.265. The molecule has 2 atom stereocenters. The minimum Gasteiger partial charge on any atom is -0.354 e. The number of imide groups is 2. The number of nitrogens with zero attached hydrogens (tertiary/aromatic N) is 1. The van der Waals surface area contributed by atoms with Crippen LogP contribution < -0.4 is 10.6 Å². The quantitative estimate of drug-likeness (QED) is 0.703. The molecule has 0 radical (unpaired) electrons. The van der Waals surface area contributed by atoms with Crippen molar-refractivity contribution in [3.05, 3.63) is 0 Å². The summed E-state index contributed by atoms with van der Waals surface area (Å²) >= 11 is 0. The third kappa shape index (κ3) is 4.03. The molecular formula is C14H23N3O4. The molecule has 118 valence electrons. The van der Waals surface area contributed by atoms with Gasteiger partial charge in [0.05, 0.1) is 0 Å². The number of hydrogen-bond donors (Lipinski definition) is 2. The fraction of sp³-hybridized carbons (Fsp3) is 0.714. The second-order valence-electron chi connectivity index (χ2n) is 5.66. The molecule has 1 aliphatic rings. The van der Waals surface area contributed by atoms with Crippen molar-refractivity contribution in [1.82, 2.24) is 15.5 Å². The lowest BCUT2D eigenvalue weighted by Gasteiger charge is -2.33. The Balaban J connectivity index is 2.83. The minimum atomic E-state index is -0.941. The van der Waals surface area contributed by atoms with Gasteiger partial charge in [0.2, 0.25) is 17.7 Å². The molecule has 0 aliphatic carbocycles. The number of barbiturate groups is 1. The van der Waals surface area contributed by atoms with Crippen LogP contribution in [0.15, 0.2) is 0 Å². The van der Waals surface area contributed by atoms with Crippen LogP contribution in [0.25, 0.3) is 0 Å². The lowest BCUT2D eigenvalue weighted by atomic mass is 9.98. The second-order valence-corrected chi connectivity index (χ2v) is 5.66. The van der Waals surface area contributed by atoms with Crippen molar-refractivity contribution in [3.63, 3.8) is 0 Å².